The molecule has 72 valence electrons. The normalized spacial score (nSPS) is 6.00. The van der Waals surface area contributed by atoms with Gasteiger partial charge in [0.15, 0.2) is 5.76 Å². The van der Waals surface area contributed by atoms with E-state index in [1.54, 1.807) is 0 Å². The van der Waals surface area contributed by atoms with Crippen LogP contribution in [0.3, 0.4) is 0 Å². The van der Waals surface area contributed by atoms with E-state index in [9.17, 15) is 4.79 Å². The molecule has 0 rings (SSSR count). The van der Waals surface area contributed by atoms with Gasteiger partial charge in [-0.25, -0.2) is 0 Å². The summed E-state index contributed by atoms with van der Waals surface area (Å²) < 4.78 is 0. The first kappa shape index (κ1) is 17.0. The topological polar surface area (TPSA) is 49.3 Å². The van der Waals surface area contributed by atoms with Crippen molar-refractivity contribution in [1.29, 1.82) is 0 Å². The van der Waals surface area contributed by atoms with E-state index in [2.05, 4.69) is 18.5 Å². The molecule has 0 aliphatic rings. The highest BCUT2D eigenvalue weighted by atomic mass is 16.3. The van der Waals surface area contributed by atoms with Crippen LogP contribution in [-0.4, -0.2) is 11.0 Å². The monoisotopic (exact) mass is 173 g/mol. The third kappa shape index (κ3) is 15.9. The molecule has 0 unspecified atom stereocenters. The van der Waals surface area contributed by atoms with Crippen molar-refractivity contribution in [2.45, 2.75) is 27.7 Å². The van der Waals surface area contributed by atoms with Crippen molar-refractivity contribution in [2.24, 2.45) is 0 Å². The molecule has 0 spiro atoms. The first-order valence-corrected chi connectivity index (χ1v) is 3.98. The number of hydrogen-bond acceptors (Lipinski definition) is 2. The fourth-order valence-corrected chi connectivity index (χ4v) is 0.176. The lowest BCUT2D eigenvalue weighted by atomic mass is 10.5. The highest BCUT2D eigenvalue weighted by molar-refractivity contribution is 5.90. The summed E-state index contributed by atoms with van der Waals surface area (Å²) in [7, 11) is 0. The van der Waals surface area contributed by atoms with Crippen LogP contribution in [0.1, 0.15) is 27.7 Å². The zero-order chi connectivity index (χ0) is 10.6. The molecule has 1 amide bonds. The molecule has 0 aliphatic carbocycles. The summed E-state index contributed by atoms with van der Waals surface area (Å²) in [5, 5.41) is 10.4. The molecule has 0 aromatic carbocycles. The summed E-state index contributed by atoms with van der Waals surface area (Å²) in [6.45, 7) is 14.2. The van der Waals surface area contributed by atoms with Crippen LogP contribution in [0.2, 0.25) is 0 Å². The molecule has 0 bridgehead atoms. The number of aliphatic hydroxyl groups is 1. The summed E-state index contributed by atoms with van der Waals surface area (Å²) >= 11 is 0. The second-order valence-electron chi connectivity index (χ2n) is 1.12. The van der Waals surface area contributed by atoms with Crippen molar-refractivity contribution in [3.8, 4) is 0 Å². The first-order valence-electron chi connectivity index (χ1n) is 3.98. The molecule has 0 fully saturated rings. The quantitative estimate of drug-likeness (QED) is 0.497. The van der Waals surface area contributed by atoms with Crippen molar-refractivity contribution in [3.05, 3.63) is 25.1 Å². The Balaban J connectivity index is -0.000000175. The number of nitrogens with one attached hydrogen (secondary N) is 1. The molecule has 0 aromatic heterocycles. The number of hydrogen-bond donors (Lipinski definition) is 2. The van der Waals surface area contributed by atoms with Crippen molar-refractivity contribution >= 4 is 5.91 Å². The van der Waals surface area contributed by atoms with E-state index in [0.717, 1.165) is 0 Å². The predicted molar refractivity (Wildman–Crippen MR) is 52.8 cm³/mol. The minimum atomic E-state index is -0.625. The standard InChI is InChI=1S/C5H7NO2.2C2H6/c1-3-6-5(8)4(2)7;2*1-2/h3,7H,1-2H2,(H,6,8);2*1-2H3. The highest BCUT2D eigenvalue weighted by Crippen LogP contribution is 1.78. The van der Waals surface area contributed by atoms with E-state index in [-0.39, 0.29) is 0 Å². The van der Waals surface area contributed by atoms with Crippen LogP contribution in [0, 0.1) is 0 Å². The summed E-state index contributed by atoms with van der Waals surface area (Å²) in [5.41, 5.74) is 0. The Morgan fingerprint density at radius 1 is 1.33 bits per heavy atom. The molecule has 0 heterocycles. The van der Waals surface area contributed by atoms with Gasteiger partial charge in [0.2, 0.25) is 0 Å². The smallest absolute Gasteiger partial charge is 0.289 e. The van der Waals surface area contributed by atoms with Crippen LogP contribution < -0.4 is 5.32 Å². The Kier molecular flexibility index (Phi) is 23.2. The van der Waals surface area contributed by atoms with Gasteiger partial charge in [-0.2, -0.15) is 0 Å². The van der Waals surface area contributed by atoms with Crippen molar-refractivity contribution in [3.63, 3.8) is 0 Å². The zero-order valence-electron chi connectivity index (χ0n) is 8.35. The number of carbonyl (C=O) groups excluding carboxylic acids is 1. The Bertz CT molecular complexity index is 130. The maximum atomic E-state index is 10.2. The van der Waals surface area contributed by atoms with Gasteiger partial charge in [0.25, 0.3) is 5.91 Å². The van der Waals surface area contributed by atoms with Gasteiger partial charge in [-0.3, -0.25) is 4.79 Å². The molecule has 0 saturated carbocycles. The lowest BCUT2D eigenvalue weighted by Crippen LogP contribution is -2.17. The van der Waals surface area contributed by atoms with Crippen LogP contribution in [0.15, 0.2) is 25.1 Å². The largest absolute Gasteiger partial charge is 0.503 e. The zero-order valence-corrected chi connectivity index (χ0v) is 8.35. The summed E-state index contributed by atoms with van der Waals surface area (Å²) in [6, 6.07) is 0. The Morgan fingerprint density at radius 2 is 1.67 bits per heavy atom. The molecule has 3 nitrogen and oxygen atoms in total. The van der Waals surface area contributed by atoms with Crippen molar-refractivity contribution in [2.75, 3.05) is 0 Å². The lowest BCUT2D eigenvalue weighted by molar-refractivity contribution is -0.118. The number of aliphatic hydroxyl groups excluding tert-OH is 1. The van der Waals surface area contributed by atoms with Gasteiger partial charge >= 0.3 is 0 Å². The summed E-state index contributed by atoms with van der Waals surface area (Å²) in [5.74, 6) is -1.13. The SMILES string of the molecule is C=CNC(=O)C(=C)O.CC.CC. The molecule has 0 atom stereocenters. The molecule has 2 N–H and O–H groups in total. The van der Waals surface area contributed by atoms with E-state index >= 15 is 0 Å². The Morgan fingerprint density at radius 3 is 1.75 bits per heavy atom. The molecule has 12 heavy (non-hydrogen) atoms. The summed E-state index contributed by atoms with van der Waals surface area (Å²) in [4.78, 5) is 10.2. The highest BCUT2D eigenvalue weighted by Gasteiger charge is 1.97. The predicted octanol–water partition coefficient (Wildman–Crippen LogP) is 2.37. The van der Waals surface area contributed by atoms with Crippen LogP contribution in [0.25, 0.3) is 0 Å². The van der Waals surface area contributed by atoms with Gasteiger partial charge in [0.1, 0.15) is 0 Å². The minimum Gasteiger partial charge on any atom is -0.503 e. The van der Waals surface area contributed by atoms with E-state index in [1.807, 2.05) is 27.7 Å². The van der Waals surface area contributed by atoms with E-state index in [4.69, 9.17) is 5.11 Å². The second-order valence-corrected chi connectivity index (χ2v) is 1.12. The first-order chi connectivity index (χ1) is 5.68. The van der Waals surface area contributed by atoms with Gasteiger partial charge in [-0.1, -0.05) is 40.9 Å². The van der Waals surface area contributed by atoms with Crippen LogP contribution in [0.5, 0.6) is 0 Å². The Labute approximate surface area is 74.8 Å². The fraction of sp³-hybridized carbons (Fsp3) is 0.444. The average molecular weight is 173 g/mol. The maximum absolute atomic E-state index is 10.2. The van der Waals surface area contributed by atoms with E-state index < -0.39 is 11.7 Å². The number of rotatable bonds is 2. The van der Waals surface area contributed by atoms with Crippen LogP contribution >= 0.6 is 0 Å². The average Bonchev–Trinajstić information content (AvgIpc) is 2.12. The lowest BCUT2D eigenvalue weighted by Gasteiger charge is -1.92. The Hall–Kier alpha value is -1.25. The van der Waals surface area contributed by atoms with Crippen molar-refractivity contribution in [1.82, 2.24) is 5.32 Å². The molecular formula is C9H19NO2. The molecule has 3 heteroatoms. The molecular weight excluding hydrogens is 154 g/mol. The fourth-order valence-electron chi connectivity index (χ4n) is 0.176. The number of carbonyl (C=O) groups is 1. The maximum Gasteiger partial charge on any atom is 0.289 e. The van der Waals surface area contributed by atoms with Gasteiger partial charge < -0.3 is 10.4 Å². The summed E-state index contributed by atoms with van der Waals surface area (Å²) in [6.07, 6.45) is 1.17. The van der Waals surface area contributed by atoms with Gasteiger partial charge in [-0.05, 0) is 6.20 Å². The minimum absolute atomic E-state index is 0.509. The number of amides is 1. The van der Waals surface area contributed by atoms with Crippen LogP contribution in [0.4, 0.5) is 0 Å². The van der Waals surface area contributed by atoms with Crippen molar-refractivity contribution < 1.29 is 9.90 Å². The van der Waals surface area contributed by atoms with Gasteiger partial charge in [0, 0.05) is 0 Å². The molecule has 0 aromatic rings. The van der Waals surface area contributed by atoms with E-state index in [0.29, 0.717) is 0 Å². The van der Waals surface area contributed by atoms with Crippen LogP contribution in [-0.2, 0) is 4.79 Å². The second kappa shape index (κ2) is 16.4. The van der Waals surface area contributed by atoms with Gasteiger partial charge in [0.05, 0.1) is 0 Å². The third-order valence-corrected chi connectivity index (χ3v) is 0.495. The molecule has 0 aliphatic heterocycles. The molecule has 0 radical (unpaired) electrons. The third-order valence-electron chi connectivity index (χ3n) is 0.495. The van der Waals surface area contributed by atoms with E-state index in [1.165, 1.54) is 6.20 Å². The molecule has 0 saturated heterocycles. The van der Waals surface area contributed by atoms with Gasteiger partial charge in [-0.15, -0.1) is 0 Å².